The Morgan fingerprint density at radius 1 is 1.15 bits per heavy atom. The van der Waals surface area contributed by atoms with Crippen LogP contribution in [0.5, 0.6) is 11.5 Å². The summed E-state index contributed by atoms with van der Waals surface area (Å²) in [6.45, 7) is 0.240. The normalized spacial score (nSPS) is 15.5. The van der Waals surface area contributed by atoms with Gasteiger partial charge in [0.2, 0.25) is 17.8 Å². The van der Waals surface area contributed by atoms with E-state index in [1.807, 2.05) is 12.1 Å². The van der Waals surface area contributed by atoms with E-state index in [0.717, 1.165) is 5.56 Å². The van der Waals surface area contributed by atoms with Crippen LogP contribution in [0.25, 0.3) is 11.4 Å². The first kappa shape index (κ1) is 16.4. The number of hydrogen-bond donors (Lipinski definition) is 1. The van der Waals surface area contributed by atoms with Crippen LogP contribution in [0.15, 0.2) is 53.1 Å². The highest BCUT2D eigenvalue weighted by atomic mass is 35.5. The van der Waals surface area contributed by atoms with Crippen LogP contribution in [0.3, 0.4) is 0 Å². The Balaban J connectivity index is 1.36. The van der Waals surface area contributed by atoms with E-state index < -0.39 is 6.10 Å². The minimum Gasteiger partial charge on any atom is -0.485 e. The monoisotopic (exact) mass is 371 g/mol. The van der Waals surface area contributed by atoms with Gasteiger partial charge in [0.1, 0.15) is 6.61 Å². The number of nitrogens with one attached hydrogen (secondary N) is 1. The fourth-order valence-electron chi connectivity index (χ4n) is 2.47. The molecule has 8 heteroatoms. The largest absolute Gasteiger partial charge is 0.485 e. The van der Waals surface area contributed by atoms with E-state index in [4.69, 9.17) is 25.6 Å². The second-order valence-electron chi connectivity index (χ2n) is 5.60. The Bertz CT molecular complexity index is 926. The van der Waals surface area contributed by atoms with E-state index in [1.54, 1.807) is 36.4 Å². The van der Waals surface area contributed by atoms with Gasteiger partial charge in [-0.15, -0.1) is 0 Å². The summed E-state index contributed by atoms with van der Waals surface area (Å²) in [5.41, 5.74) is 0.774. The first-order valence-electron chi connectivity index (χ1n) is 7.94. The minimum atomic E-state index is -0.733. The van der Waals surface area contributed by atoms with Crippen molar-refractivity contribution in [3.8, 4) is 22.9 Å². The number of fused-ring (bicyclic) bond motifs is 1. The minimum absolute atomic E-state index is 0.0981. The highest BCUT2D eigenvalue weighted by molar-refractivity contribution is 6.30. The van der Waals surface area contributed by atoms with Gasteiger partial charge in [0.25, 0.3) is 5.91 Å². The van der Waals surface area contributed by atoms with Crippen molar-refractivity contribution in [2.75, 3.05) is 6.61 Å². The number of benzene rings is 2. The lowest BCUT2D eigenvalue weighted by Gasteiger charge is -2.25. The van der Waals surface area contributed by atoms with Crippen LogP contribution in [-0.2, 0) is 11.3 Å². The highest BCUT2D eigenvalue weighted by Crippen LogP contribution is 2.30. The van der Waals surface area contributed by atoms with Crippen LogP contribution in [-0.4, -0.2) is 28.8 Å². The quantitative estimate of drug-likeness (QED) is 0.759. The molecule has 7 nitrogen and oxygen atoms in total. The van der Waals surface area contributed by atoms with Crippen LogP contribution in [0.4, 0.5) is 0 Å². The molecule has 0 aliphatic carbocycles. The second kappa shape index (κ2) is 7.05. The van der Waals surface area contributed by atoms with Crippen molar-refractivity contribution in [3.05, 3.63) is 59.4 Å². The van der Waals surface area contributed by atoms with Crippen molar-refractivity contribution in [1.82, 2.24) is 15.5 Å². The van der Waals surface area contributed by atoms with Crippen molar-refractivity contribution in [1.29, 1.82) is 0 Å². The maximum absolute atomic E-state index is 12.3. The summed E-state index contributed by atoms with van der Waals surface area (Å²) in [5.74, 6) is 1.58. The summed E-state index contributed by atoms with van der Waals surface area (Å²) in [6, 6.07) is 14.3. The van der Waals surface area contributed by atoms with E-state index in [1.165, 1.54) is 0 Å². The third-order valence-electron chi connectivity index (χ3n) is 3.79. The van der Waals surface area contributed by atoms with Gasteiger partial charge in [0, 0.05) is 10.6 Å². The summed E-state index contributed by atoms with van der Waals surface area (Å²) in [7, 11) is 0. The van der Waals surface area contributed by atoms with Crippen LogP contribution in [0.1, 0.15) is 5.89 Å². The van der Waals surface area contributed by atoms with E-state index in [-0.39, 0.29) is 19.1 Å². The molecule has 1 aliphatic rings. The SMILES string of the molecule is O=C(NCc1nc(-c2ccc(Cl)cc2)no1)[C@H]1COc2ccccc2O1. The fraction of sp³-hybridized carbons (Fsp3) is 0.167. The number of nitrogens with zero attached hydrogens (tertiary/aromatic N) is 2. The molecule has 0 radical (unpaired) electrons. The number of ether oxygens (including phenoxy) is 2. The zero-order valence-corrected chi connectivity index (χ0v) is 14.3. The van der Waals surface area contributed by atoms with Crippen LogP contribution in [0, 0.1) is 0 Å². The van der Waals surface area contributed by atoms with Crippen LogP contribution in [0.2, 0.25) is 5.02 Å². The average Bonchev–Trinajstić information content (AvgIpc) is 3.15. The fourth-order valence-corrected chi connectivity index (χ4v) is 2.59. The molecule has 0 saturated heterocycles. The molecule has 2 heterocycles. The maximum atomic E-state index is 12.3. The Morgan fingerprint density at radius 3 is 2.73 bits per heavy atom. The first-order valence-corrected chi connectivity index (χ1v) is 8.31. The second-order valence-corrected chi connectivity index (χ2v) is 6.04. The number of aromatic nitrogens is 2. The van der Waals surface area contributed by atoms with E-state index >= 15 is 0 Å². The summed E-state index contributed by atoms with van der Waals surface area (Å²) in [5, 5.41) is 7.24. The van der Waals surface area contributed by atoms with Gasteiger partial charge in [-0.2, -0.15) is 4.98 Å². The molecule has 0 unspecified atom stereocenters. The molecule has 26 heavy (non-hydrogen) atoms. The summed E-state index contributed by atoms with van der Waals surface area (Å²) in [6.07, 6.45) is -0.733. The molecular weight excluding hydrogens is 358 g/mol. The predicted molar refractivity (Wildman–Crippen MR) is 92.9 cm³/mol. The standard InChI is InChI=1S/C18H14ClN3O4/c19-12-7-5-11(6-8-12)17-21-16(26-22-17)9-20-18(23)15-10-24-13-3-1-2-4-14(13)25-15/h1-8,15H,9-10H2,(H,20,23)/t15-/m1/s1. The van der Waals surface area contributed by atoms with Crippen molar-refractivity contribution in [2.45, 2.75) is 12.6 Å². The zero-order valence-electron chi connectivity index (χ0n) is 13.5. The Hall–Kier alpha value is -3.06. The molecule has 1 atom stereocenters. The third-order valence-corrected chi connectivity index (χ3v) is 4.04. The van der Waals surface area contributed by atoms with Crippen LogP contribution >= 0.6 is 11.6 Å². The van der Waals surface area contributed by atoms with Gasteiger partial charge in [0.15, 0.2) is 11.5 Å². The van der Waals surface area contributed by atoms with Gasteiger partial charge in [-0.05, 0) is 36.4 Å². The van der Waals surface area contributed by atoms with Gasteiger partial charge < -0.3 is 19.3 Å². The molecule has 1 N–H and O–H groups in total. The molecule has 4 rings (SSSR count). The molecule has 0 saturated carbocycles. The van der Waals surface area contributed by atoms with E-state index in [2.05, 4.69) is 15.5 Å². The summed E-state index contributed by atoms with van der Waals surface area (Å²) < 4.78 is 16.3. The van der Waals surface area contributed by atoms with Gasteiger partial charge in [-0.25, -0.2) is 0 Å². The zero-order chi connectivity index (χ0) is 17.9. The average molecular weight is 372 g/mol. The van der Waals surface area contributed by atoms with Crippen molar-refractivity contribution < 1.29 is 18.8 Å². The number of rotatable bonds is 4. The van der Waals surface area contributed by atoms with Crippen LogP contribution < -0.4 is 14.8 Å². The number of hydrogen-bond acceptors (Lipinski definition) is 6. The molecule has 0 fully saturated rings. The topological polar surface area (TPSA) is 86.5 Å². The van der Waals surface area contributed by atoms with E-state index in [0.29, 0.717) is 28.2 Å². The molecule has 1 amide bonds. The van der Waals surface area contributed by atoms with Gasteiger partial charge in [-0.3, -0.25) is 4.79 Å². The number of carbonyl (C=O) groups excluding carboxylic acids is 1. The van der Waals surface area contributed by atoms with Gasteiger partial charge in [0.05, 0.1) is 6.54 Å². The molecule has 1 aromatic heterocycles. The molecule has 0 spiro atoms. The molecule has 3 aromatic rings. The smallest absolute Gasteiger partial charge is 0.265 e. The Morgan fingerprint density at radius 2 is 1.92 bits per heavy atom. The number of para-hydroxylation sites is 2. The molecular formula is C18H14ClN3O4. The number of halogens is 1. The Labute approximate surface area is 153 Å². The molecule has 132 valence electrons. The summed E-state index contributed by atoms with van der Waals surface area (Å²) >= 11 is 5.86. The maximum Gasteiger partial charge on any atom is 0.265 e. The lowest BCUT2D eigenvalue weighted by molar-refractivity contribution is -0.130. The van der Waals surface area contributed by atoms with Gasteiger partial charge in [-0.1, -0.05) is 28.9 Å². The Kier molecular flexibility index (Phi) is 4.45. The number of carbonyl (C=O) groups is 1. The molecule has 2 aromatic carbocycles. The molecule has 0 bridgehead atoms. The van der Waals surface area contributed by atoms with Gasteiger partial charge >= 0.3 is 0 Å². The number of amides is 1. The lowest BCUT2D eigenvalue weighted by Crippen LogP contribution is -2.43. The summed E-state index contributed by atoms with van der Waals surface area (Å²) in [4.78, 5) is 16.5. The first-order chi connectivity index (χ1) is 12.7. The van der Waals surface area contributed by atoms with E-state index in [9.17, 15) is 4.79 Å². The lowest BCUT2D eigenvalue weighted by atomic mass is 10.2. The van der Waals surface area contributed by atoms with Crippen molar-refractivity contribution >= 4 is 17.5 Å². The highest BCUT2D eigenvalue weighted by Gasteiger charge is 2.27. The van der Waals surface area contributed by atoms with Crippen molar-refractivity contribution in [3.63, 3.8) is 0 Å². The van der Waals surface area contributed by atoms with Crippen molar-refractivity contribution in [2.24, 2.45) is 0 Å². The third kappa shape index (κ3) is 3.48. The molecule has 1 aliphatic heterocycles. The predicted octanol–water partition coefficient (Wildman–Crippen LogP) is 2.85.